The average molecular weight is 397 g/mol. The fourth-order valence-corrected chi connectivity index (χ4v) is 5.39. The van der Waals surface area contributed by atoms with Crippen LogP contribution in [-0.2, 0) is 9.84 Å². The molecule has 1 heterocycles. The minimum absolute atomic E-state index is 0.110. The number of fused-ring (bicyclic) bond motifs is 1. The Morgan fingerprint density at radius 2 is 1.68 bits per heavy atom. The largest absolute Gasteiger partial charge is 0.422 e. The van der Waals surface area contributed by atoms with Crippen LogP contribution in [0.5, 0.6) is 0 Å². The van der Waals surface area contributed by atoms with E-state index in [0.717, 1.165) is 12.8 Å². The van der Waals surface area contributed by atoms with Gasteiger partial charge in [0.05, 0.1) is 10.1 Å². The van der Waals surface area contributed by atoms with E-state index in [2.05, 4.69) is 5.32 Å². The Morgan fingerprint density at radius 1 is 1.00 bits per heavy atom. The zero-order chi connectivity index (χ0) is 19.7. The smallest absolute Gasteiger partial charge is 0.349 e. The Labute approximate surface area is 162 Å². The van der Waals surface area contributed by atoms with Gasteiger partial charge >= 0.3 is 5.63 Å². The summed E-state index contributed by atoms with van der Waals surface area (Å²) in [6.45, 7) is 0. The van der Waals surface area contributed by atoms with Crippen molar-refractivity contribution in [1.29, 1.82) is 0 Å². The third-order valence-corrected chi connectivity index (χ3v) is 7.35. The zero-order valence-electron chi connectivity index (χ0n) is 15.1. The van der Waals surface area contributed by atoms with E-state index in [1.165, 1.54) is 30.3 Å². The molecule has 28 heavy (non-hydrogen) atoms. The molecule has 1 aromatic heterocycles. The van der Waals surface area contributed by atoms with Gasteiger partial charge in [0.15, 0.2) is 9.84 Å². The van der Waals surface area contributed by atoms with Crippen molar-refractivity contribution in [3.63, 3.8) is 0 Å². The molecule has 1 fully saturated rings. The summed E-state index contributed by atoms with van der Waals surface area (Å²) in [5.41, 5.74) is -0.0218. The fourth-order valence-electron chi connectivity index (χ4n) is 3.54. The lowest BCUT2D eigenvalue weighted by atomic mass is 10.1. The molecular formula is C21H19NO5S. The van der Waals surface area contributed by atoms with Crippen LogP contribution < -0.4 is 10.9 Å². The Morgan fingerprint density at radius 3 is 2.39 bits per heavy atom. The lowest BCUT2D eigenvalue weighted by Gasteiger charge is -2.12. The van der Waals surface area contributed by atoms with E-state index in [9.17, 15) is 18.0 Å². The van der Waals surface area contributed by atoms with Crippen molar-refractivity contribution < 1.29 is 17.6 Å². The normalized spacial score (nSPS) is 15.0. The molecule has 0 unspecified atom stereocenters. The Hall–Kier alpha value is -2.93. The molecular weight excluding hydrogens is 378 g/mol. The summed E-state index contributed by atoms with van der Waals surface area (Å²) in [4.78, 5) is 24.8. The lowest BCUT2D eigenvalue weighted by Crippen LogP contribution is -2.21. The monoisotopic (exact) mass is 397 g/mol. The molecule has 1 saturated carbocycles. The Bertz CT molecular complexity index is 1190. The van der Waals surface area contributed by atoms with Crippen LogP contribution in [0.1, 0.15) is 36.0 Å². The second-order valence-electron chi connectivity index (χ2n) is 6.92. The molecule has 1 aliphatic carbocycles. The number of rotatable bonds is 4. The maximum atomic E-state index is 12.6. The van der Waals surface area contributed by atoms with Crippen molar-refractivity contribution in [3.8, 4) is 0 Å². The van der Waals surface area contributed by atoms with Crippen LogP contribution in [0.4, 0.5) is 5.69 Å². The van der Waals surface area contributed by atoms with Gasteiger partial charge in [-0.05, 0) is 49.2 Å². The SMILES string of the molecule is O=C(Nc1ccc(S(=O)(=O)C2CCCC2)cc1)c1cc2ccccc2oc1=O. The standard InChI is InChI=1S/C21H19NO5S/c23-20(18-13-14-5-1-4-8-19(14)27-21(18)24)22-15-9-11-17(12-10-15)28(25,26)16-6-2-3-7-16/h1,4-5,8-13,16H,2-3,6-7H2,(H,22,23). The number of benzene rings is 2. The van der Waals surface area contributed by atoms with Crippen molar-refractivity contribution in [3.05, 3.63) is 70.6 Å². The molecule has 0 saturated heterocycles. The van der Waals surface area contributed by atoms with Crippen LogP contribution in [0.25, 0.3) is 11.0 Å². The summed E-state index contributed by atoms with van der Waals surface area (Å²) in [7, 11) is -3.34. The number of hydrogen-bond acceptors (Lipinski definition) is 5. The minimum atomic E-state index is -3.34. The van der Waals surface area contributed by atoms with Gasteiger partial charge in [-0.25, -0.2) is 13.2 Å². The van der Waals surface area contributed by atoms with Crippen LogP contribution in [0.3, 0.4) is 0 Å². The number of carbonyl (C=O) groups is 1. The van der Waals surface area contributed by atoms with E-state index in [1.54, 1.807) is 24.3 Å². The van der Waals surface area contributed by atoms with Crippen LogP contribution >= 0.6 is 0 Å². The van der Waals surface area contributed by atoms with E-state index >= 15 is 0 Å². The first-order valence-corrected chi connectivity index (χ1v) is 10.7. The number of para-hydroxylation sites is 1. The van der Waals surface area contributed by atoms with Gasteiger partial charge in [-0.15, -0.1) is 0 Å². The van der Waals surface area contributed by atoms with Crippen molar-refractivity contribution in [1.82, 2.24) is 0 Å². The van der Waals surface area contributed by atoms with Gasteiger partial charge < -0.3 is 9.73 Å². The van der Waals surface area contributed by atoms with E-state index in [-0.39, 0.29) is 15.7 Å². The topological polar surface area (TPSA) is 93.4 Å². The Kier molecular flexibility index (Phi) is 4.77. The first kappa shape index (κ1) is 18.4. The molecule has 1 aliphatic rings. The van der Waals surface area contributed by atoms with Gasteiger partial charge in [0, 0.05) is 11.1 Å². The molecule has 0 spiro atoms. The highest BCUT2D eigenvalue weighted by molar-refractivity contribution is 7.92. The summed E-state index contributed by atoms with van der Waals surface area (Å²) < 4.78 is 30.4. The van der Waals surface area contributed by atoms with E-state index in [1.807, 2.05) is 0 Å². The lowest BCUT2D eigenvalue weighted by molar-refractivity contribution is 0.102. The third kappa shape index (κ3) is 3.45. The second-order valence-corrected chi connectivity index (χ2v) is 9.14. The number of sulfone groups is 1. The molecule has 2 aromatic carbocycles. The van der Waals surface area contributed by atoms with E-state index < -0.39 is 21.4 Å². The summed E-state index contributed by atoms with van der Waals surface area (Å²) in [6, 6.07) is 14.5. The molecule has 0 aliphatic heterocycles. The molecule has 0 bridgehead atoms. The summed E-state index contributed by atoms with van der Waals surface area (Å²) >= 11 is 0. The van der Waals surface area contributed by atoms with Crippen LogP contribution in [0, 0.1) is 0 Å². The fraction of sp³-hybridized carbons (Fsp3) is 0.238. The molecule has 7 heteroatoms. The van der Waals surface area contributed by atoms with Crippen molar-refractivity contribution in [2.24, 2.45) is 0 Å². The van der Waals surface area contributed by atoms with Crippen LogP contribution in [-0.4, -0.2) is 19.6 Å². The number of hydrogen-bond donors (Lipinski definition) is 1. The van der Waals surface area contributed by atoms with Crippen molar-refractivity contribution in [2.75, 3.05) is 5.32 Å². The minimum Gasteiger partial charge on any atom is -0.422 e. The van der Waals surface area contributed by atoms with Gasteiger partial charge in [0.1, 0.15) is 11.1 Å². The molecule has 6 nitrogen and oxygen atoms in total. The predicted molar refractivity (Wildman–Crippen MR) is 106 cm³/mol. The molecule has 144 valence electrons. The highest BCUT2D eigenvalue weighted by Gasteiger charge is 2.30. The first-order valence-electron chi connectivity index (χ1n) is 9.13. The molecule has 4 rings (SSSR count). The first-order chi connectivity index (χ1) is 13.4. The average Bonchev–Trinajstić information content (AvgIpc) is 3.23. The summed E-state index contributed by atoms with van der Waals surface area (Å²) in [6.07, 6.45) is 3.26. The van der Waals surface area contributed by atoms with Gasteiger partial charge in [-0.3, -0.25) is 4.79 Å². The highest BCUT2D eigenvalue weighted by atomic mass is 32.2. The molecule has 0 atom stereocenters. The molecule has 1 amide bonds. The van der Waals surface area contributed by atoms with Gasteiger partial charge in [-0.1, -0.05) is 31.0 Å². The molecule has 3 aromatic rings. The number of nitrogens with one attached hydrogen (secondary N) is 1. The number of anilines is 1. The second kappa shape index (κ2) is 7.24. The van der Waals surface area contributed by atoms with Crippen molar-refractivity contribution in [2.45, 2.75) is 35.8 Å². The predicted octanol–water partition coefficient (Wildman–Crippen LogP) is 3.76. The number of amides is 1. The Balaban J connectivity index is 1.55. The zero-order valence-corrected chi connectivity index (χ0v) is 15.9. The third-order valence-electron chi connectivity index (χ3n) is 5.07. The highest BCUT2D eigenvalue weighted by Crippen LogP contribution is 2.30. The van der Waals surface area contributed by atoms with E-state index in [0.29, 0.717) is 29.5 Å². The quantitative estimate of drug-likeness (QED) is 0.677. The van der Waals surface area contributed by atoms with Gasteiger partial charge in [0.25, 0.3) is 5.91 Å². The van der Waals surface area contributed by atoms with Gasteiger partial charge in [0.2, 0.25) is 0 Å². The van der Waals surface area contributed by atoms with E-state index in [4.69, 9.17) is 4.42 Å². The maximum Gasteiger partial charge on any atom is 0.349 e. The van der Waals surface area contributed by atoms with Crippen LogP contribution in [0.2, 0.25) is 0 Å². The van der Waals surface area contributed by atoms with Crippen LogP contribution in [0.15, 0.2) is 68.7 Å². The summed E-state index contributed by atoms with van der Waals surface area (Å²) in [5, 5.41) is 2.94. The summed E-state index contributed by atoms with van der Waals surface area (Å²) in [5.74, 6) is -0.606. The molecule has 1 N–H and O–H groups in total. The van der Waals surface area contributed by atoms with Gasteiger partial charge in [-0.2, -0.15) is 0 Å². The van der Waals surface area contributed by atoms with Crippen molar-refractivity contribution >= 4 is 32.4 Å². The maximum absolute atomic E-state index is 12.6. The molecule has 0 radical (unpaired) electrons. The number of carbonyl (C=O) groups excluding carboxylic acids is 1.